The molecule has 0 radical (unpaired) electrons. The highest BCUT2D eigenvalue weighted by Gasteiger charge is 2.34. The van der Waals surface area contributed by atoms with Gasteiger partial charge in [-0.15, -0.1) is 0 Å². The van der Waals surface area contributed by atoms with E-state index in [1.165, 1.54) is 45.1 Å². The Balaban J connectivity index is 1.82. The Bertz CT molecular complexity index is 332. The lowest BCUT2D eigenvalue weighted by Crippen LogP contribution is -2.49. The van der Waals surface area contributed by atoms with E-state index in [0.29, 0.717) is 6.42 Å². The minimum atomic E-state index is -0.776. The van der Waals surface area contributed by atoms with Crippen LogP contribution in [0.3, 0.4) is 0 Å². The Morgan fingerprint density at radius 3 is 2.70 bits per heavy atom. The summed E-state index contributed by atoms with van der Waals surface area (Å²) in [5.41, 5.74) is -0.776. The van der Waals surface area contributed by atoms with E-state index in [9.17, 15) is 9.90 Å². The zero-order valence-corrected chi connectivity index (χ0v) is 13.0. The molecule has 1 unspecified atom stereocenters. The third kappa shape index (κ3) is 3.53. The maximum Gasteiger partial charge on any atom is 0.323 e. The van der Waals surface area contributed by atoms with E-state index in [1.54, 1.807) is 14.0 Å². The van der Waals surface area contributed by atoms with Crippen molar-refractivity contribution < 1.29 is 9.90 Å². The largest absolute Gasteiger partial charge is 0.480 e. The summed E-state index contributed by atoms with van der Waals surface area (Å²) in [6.45, 7) is 4.06. The zero-order chi connectivity index (χ0) is 14.6. The van der Waals surface area contributed by atoms with Gasteiger partial charge in [-0.2, -0.15) is 0 Å². The van der Waals surface area contributed by atoms with E-state index >= 15 is 0 Å². The first-order valence-corrected chi connectivity index (χ1v) is 8.23. The van der Waals surface area contributed by atoms with Crippen molar-refractivity contribution in [3.8, 4) is 0 Å². The van der Waals surface area contributed by atoms with Gasteiger partial charge < -0.3 is 15.3 Å². The number of fused-ring (bicyclic) bond motifs is 1. The van der Waals surface area contributed by atoms with Crippen LogP contribution in [0.15, 0.2) is 0 Å². The van der Waals surface area contributed by atoms with Crippen molar-refractivity contribution in [3.05, 3.63) is 0 Å². The molecule has 20 heavy (non-hydrogen) atoms. The summed E-state index contributed by atoms with van der Waals surface area (Å²) in [4.78, 5) is 13.9. The molecule has 0 bridgehead atoms. The predicted octanol–water partition coefficient (Wildman–Crippen LogP) is 2.48. The summed E-state index contributed by atoms with van der Waals surface area (Å²) < 4.78 is 0. The number of likely N-dealkylation sites (tertiary alicyclic amines) is 1. The van der Waals surface area contributed by atoms with Gasteiger partial charge in [0.25, 0.3) is 0 Å². The number of carbonyl (C=O) groups is 1. The normalized spacial score (nSPS) is 30.5. The highest BCUT2D eigenvalue weighted by Crippen LogP contribution is 2.35. The van der Waals surface area contributed by atoms with Crippen molar-refractivity contribution >= 4 is 5.97 Å². The fraction of sp³-hybridized carbons (Fsp3) is 0.938. The van der Waals surface area contributed by atoms with Crippen molar-refractivity contribution in [3.63, 3.8) is 0 Å². The molecule has 3 atom stereocenters. The SMILES string of the molecule is CNC(C)(CCCN1CCC[C@H]2CCCC[C@H]21)C(=O)O. The van der Waals surface area contributed by atoms with E-state index in [1.807, 2.05) is 0 Å². The monoisotopic (exact) mass is 282 g/mol. The van der Waals surface area contributed by atoms with Gasteiger partial charge in [0.05, 0.1) is 0 Å². The second-order valence-electron chi connectivity index (χ2n) is 6.78. The molecule has 1 saturated carbocycles. The van der Waals surface area contributed by atoms with Gasteiger partial charge >= 0.3 is 5.97 Å². The Morgan fingerprint density at radius 1 is 1.30 bits per heavy atom. The topological polar surface area (TPSA) is 52.6 Å². The van der Waals surface area contributed by atoms with Gasteiger partial charge in [0.1, 0.15) is 5.54 Å². The Hall–Kier alpha value is -0.610. The predicted molar refractivity (Wildman–Crippen MR) is 80.9 cm³/mol. The Kier molecular flexibility index (Phi) is 5.44. The number of carboxylic acids is 1. The molecule has 2 rings (SSSR count). The summed E-state index contributed by atoms with van der Waals surface area (Å²) in [5.74, 6) is 0.168. The van der Waals surface area contributed by atoms with Crippen LogP contribution < -0.4 is 5.32 Å². The molecule has 0 aromatic heterocycles. The molecular formula is C16H30N2O2. The second-order valence-corrected chi connectivity index (χ2v) is 6.78. The van der Waals surface area contributed by atoms with E-state index in [-0.39, 0.29) is 0 Å². The summed E-state index contributed by atoms with van der Waals surface area (Å²) in [6, 6.07) is 0.781. The van der Waals surface area contributed by atoms with Crippen molar-refractivity contribution in [1.82, 2.24) is 10.2 Å². The Labute approximate surface area is 122 Å². The van der Waals surface area contributed by atoms with Crippen molar-refractivity contribution in [1.29, 1.82) is 0 Å². The molecule has 0 amide bonds. The summed E-state index contributed by atoms with van der Waals surface area (Å²) in [5, 5.41) is 12.2. The quantitative estimate of drug-likeness (QED) is 0.786. The van der Waals surface area contributed by atoms with E-state index < -0.39 is 11.5 Å². The number of likely N-dealkylation sites (N-methyl/N-ethyl adjacent to an activating group) is 1. The zero-order valence-electron chi connectivity index (χ0n) is 13.0. The molecule has 2 fully saturated rings. The fourth-order valence-electron chi connectivity index (χ4n) is 3.98. The number of rotatable bonds is 6. The number of piperidine rings is 1. The van der Waals surface area contributed by atoms with Gasteiger partial charge in [-0.05, 0) is 71.5 Å². The first-order chi connectivity index (χ1) is 9.57. The first kappa shape index (κ1) is 15.8. The number of carboxylic acid groups (broad SMARTS) is 1. The van der Waals surface area contributed by atoms with Crippen LogP contribution in [0.2, 0.25) is 0 Å². The molecular weight excluding hydrogens is 252 g/mol. The molecule has 116 valence electrons. The van der Waals surface area contributed by atoms with Crippen LogP contribution >= 0.6 is 0 Å². The summed E-state index contributed by atoms with van der Waals surface area (Å²) in [6.07, 6.45) is 9.94. The number of nitrogens with zero attached hydrogens (tertiary/aromatic N) is 1. The number of hydrogen-bond donors (Lipinski definition) is 2. The summed E-state index contributed by atoms with van der Waals surface area (Å²) >= 11 is 0. The molecule has 1 aliphatic carbocycles. The summed E-state index contributed by atoms with van der Waals surface area (Å²) in [7, 11) is 1.74. The Morgan fingerprint density at radius 2 is 2.00 bits per heavy atom. The minimum Gasteiger partial charge on any atom is -0.480 e. The molecule has 2 N–H and O–H groups in total. The van der Waals surface area contributed by atoms with Crippen LogP contribution in [0.1, 0.15) is 58.3 Å². The van der Waals surface area contributed by atoms with Crippen LogP contribution in [-0.4, -0.2) is 47.7 Å². The standard InChI is InChI=1S/C16H30N2O2/c1-16(17-2,15(19)20)10-6-12-18-11-5-8-13-7-3-4-9-14(13)18/h13-14,17H,3-12H2,1-2H3,(H,19,20)/t13-,14-,16?/m1/s1. The second kappa shape index (κ2) is 6.90. The molecule has 1 aliphatic heterocycles. The third-order valence-corrected chi connectivity index (χ3v) is 5.50. The van der Waals surface area contributed by atoms with Gasteiger partial charge in [-0.25, -0.2) is 0 Å². The van der Waals surface area contributed by atoms with Gasteiger partial charge in [-0.3, -0.25) is 4.79 Å². The lowest BCUT2D eigenvalue weighted by molar-refractivity contribution is -0.144. The number of hydrogen-bond acceptors (Lipinski definition) is 3. The van der Waals surface area contributed by atoms with Gasteiger partial charge in [0, 0.05) is 6.04 Å². The van der Waals surface area contributed by atoms with Crippen LogP contribution in [0.5, 0.6) is 0 Å². The maximum absolute atomic E-state index is 11.3. The van der Waals surface area contributed by atoms with E-state index in [4.69, 9.17) is 0 Å². The number of aliphatic carboxylic acids is 1. The highest BCUT2D eigenvalue weighted by atomic mass is 16.4. The smallest absolute Gasteiger partial charge is 0.323 e. The molecule has 0 aromatic rings. The number of nitrogens with one attached hydrogen (secondary N) is 1. The van der Waals surface area contributed by atoms with Crippen molar-refractivity contribution in [2.45, 2.75) is 69.9 Å². The van der Waals surface area contributed by atoms with E-state index in [0.717, 1.165) is 24.9 Å². The van der Waals surface area contributed by atoms with Crippen LogP contribution in [-0.2, 0) is 4.79 Å². The first-order valence-electron chi connectivity index (χ1n) is 8.23. The van der Waals surface area contributed by atoms with Crippen LogP contribution in [0.25, 0.3) is 0 Å². The lowest BCUT2D eigenvalue weighted by Gasteiger charge is -2.44. The highest BCUT2D eigenvalue weighted by molar-refractivity contribution is 5.78. The van der Waals surface area contributed by atoms with Gasteiger partial charge in [0.2, 0.25) is 0 Å². The van der Waals surface area contributed by atoms with Crippen LogP contribution in [0.4, 0.5) is 0 Å². The van der Waals surface area contributed by atoms with Gasteiger partial charge in [-0.1, -0.05) is 12.8 Å². The van der Waals surface area contributed by atoms with Crippen molar-refractivity contribution in [2.75, 3.05) is 20.1 Å². The molecule has 0 spiro atoms. The molecule has 4 heteroatoms. The average molecular weight is 282 g/mol. The van der Waals surface area contributed by atoms with Crippen LogP contribution in [0, 0.1) is 5.92 Å². The molecule has 1 heterocycles. The van der Waals surface area contributed by atoms with Gasteiger partial charge in [0.15, 0.2) is 0 Å². The maximum atomic E-state index is 11.3. The minimum absolute atomic E-state index is 0.701. The molecule has 4 nitrogen and oxygen atoms in total. The third-order valence-electron chi connectivity index (χ3n) is 5.50. The molecule has 0 aromatic carbocycles. The average Bonchev–Trinajstić information content (AvgIpc) is 2.47. The molecule has 2 aliphatic rings. The molecule has 1 saturated heterocycles. The fourth-order valence-corrected chi connectivity index (χ4v) is 3.98. The lowest BCUT2D eigenvalue weighted by atomic mass is 9.78. The van der Waals surface area contributed by atoms with E-state index in [2.05, 4.69) is 10.2 Å². The van der Waals surface area contributed by atoms with Crippen molar-refractivity contribution in [2.24, 2.45) is 5.92 Å².